The van der Waals surface area contributed by atoms with Gasteiger partial charge in [0.2, 0.25) is 0 Å². The molecule has 0 amide bonds. The molecular weight excluding hydrogens is 197 g/mol. The summed E-state index contributed by atoms with van der Waals surface area (Å²) in [6.07, 6.45) is -5.11. The predicted octanol–water partition coefficient (Wildman–Crippen LogP) is 1.67. The van der Waals surface area contributed by atoms with E-state index in [2.05, 4.69) is 0 Å². The summed E-state index contributed by atoms with van der Waals surface area (Å²) in [5.74, 6) is -0.559. The molecule has 82 valence electrons. The summed E-state index contributed by atoms with van der Waals surface area (Å²) in [7, 11) is 0. The molecule has 2 saturated carbocycles. The molecule has 0 aromatic heterocycles. The van der Waals surface area contributed by atoms with Gasteiger partial charge in [-0.3, -0.25) is 0 Å². The molecule has 2 fully saturated rings. The van der Waals surface area contributed by atoms with E-state index in [-0.39, 0.29) is 12.3 Å². The van der Waals surface area contributed by atoms with Gasteiger partial charge in [0.25, 0.3) is 0 Å². The van der Waals surface area contributed by atoms with E-state index < -0.39 is 23.8 Å². The van der Waals surface area contributed by atoms with Crippen LogP contribution in [0.5, 0.6) is 0 Å². The van der Waals surface area contributed by atoms with Crippen molar-refractivity contribution in [2.75, 3.05) is 0 Å². The van der Waals surface area contributed by atoms with E-state index in [1.54, 1.807) is 0 Å². The third kappa shape index (κ3) is 1.11. The van der Waals surface area contributed by atoms with E-state index in [9.17, 15) is 13.2 Å². The van der Waals surface area contributed by atoms with E-state index in [0.717, 1.165) is 6.42 Å². The molecule has 0 spiro atoms. The van der Waals surface area contributed by atoms with Crippen LogP contribution in [-0.4, -0.2) is 22.7 Å². The number of aliphatic hydroxyl groups is 2. The first-order valence-corrected chi connectivity index (χ1v) is 4.81. The molecule has 2 aliphatic carbocycles. The highest BCUT2D eigenvalue weighted by atomic mass is 19.4. The molecule has 2 N–H and O–H groups in total. The Hall–Kier alpha value is -0.290. The van der Waals surface area contributed by atoms with Gasteiger partial charge < -0.3 is 10.2 Å². The third-order valence-electron chi connectivity index (χ3n) is 3.88. The van der Waals surface area contributed by atoms with Gasteiger partial charge >= 0.3 is 6.18 Å². The number of fused-ring (bicyclic) bond motifs is 2. The van der Waals surface area contributed by atoms with Crippen LogP contribution in [0.3, 0.4) is 0 Å². The number of hydrogen-bond acceptors (Lipinski definition) is 2. The van der Waals surface area contributed by atoms with Crippen LogP contribution in [0.15, 0.2) is 0 Å². The standard InChI is InChI=1S/C9H13F3O2/c10-9(11,12)8(7(13)14)4-5-1-2-6(8)3-5/h5-7,13-14H,1-4H2. The molecular formula is C9H13F3O2. The van der Waals surface area contributed by atoms with Gasteiger partial charge in [0.15, 0.2) is 6.29 Å². The summed E-state index contributed by atoms with van der Waals surface area (Å²) in [5.41, 5.74) is -2.24. The van der Waals surface area contributed by atoms with Crippen molar-refractivity contribution in [1.29, 1.82) is 0 Å². The van der Waals surface area contributed by atoms with Crippen LogP contribution in [0.1, 0.15) is 25.7 Å². The average molecular weight is 210 g/mol. The molecule has 5 heteroatoms. The normalized spacial score (nSPS) is 42.4. The maximum atomic E-state index is 12.8. The minimum atomic E-state index is -4.50. The molecule has 3 atom stereocenters. The van der Waals surface area contributed by atoms with Crippen LogP contribution in [-0.2, 0) is 0 Å². The first-order chi connectivity index (χ1) is 6.38. The highest BCUT2D eigenvalue weighted by Crippen LogP contribution is 2.63. The zero-order chi connectivity index (χ0) is 10.6. The van der Waals surface area contributed by atoms with Crippen molar-refractivity contribution in [2.45, 2.75) is 38.1 Å². The van der Waals surface area contributed by atoms with Crippen molar-refractivity contribution >= 4 is 0 Å². The van der Waals surface area contributed by atoms with Crippen LogP contribution in [0.25, 0.3) is 0 Å². The van der Waals surface area contributed by atoms with Crippen molar-refractivity contribution in [3.05, 3.63) is 0 Å². The van der Waals surface area contributed by atoms with E-state index in [4.69, 9.17) is 10.2 Å². The lowest BCUT2D eigenvalue weighted by atomic mass is 9.72. The molecule has 3 unspecified atom stereocenters. The second-order valence-corrected chi connectivity index (χ2v) is 4.49. The molecule has 2 nitrogen and oxygen atoms in total. The average Bonchev–Trinajstić information content (AvgIpc) is 2.59. The fraction of sp³-hybridized carbons (Fsp3) is 1.00. The maximum absolute atomic E-state index is 12.8. The Morgan fingerprint density at radius 3 is 2.07 bits per heavy atom. The molecule has 0 aliphatic heterocycles. The zero-order valence-electron chi connectivity index (χ0n) is 7.59. The first kappa shape index (κ1) is 10.2. The Bertz CT molecular complexity index is 239. The second kappa shape index (κ2) is 2.85. The van der Waals surface area contributed by atoms with E-state index in [0.29, 0.717) is 12.8 Å². The SMILES string of the molecule is OC(O)C1(C(F)(F)F)CC2CCC1C2. The largest absolute Gasteiger partial charge is 0.399 e. The lowest BCUT2D eigenvalue weighted by molar-refractivity contribution is -0.311. The summed E-state index contributed by atoms with van der Waals surface area (Å²) in [5, 5.41) is 18.0. The van der Waals surface area contributed by atoms with Gasteiger partial charge in [-0.2, -0.15) is 13.2 Å². The molecule has 0 heterocycles. The van der Waals surface area contributed by atoms with Crippen LogP contribution in [0.2, 0.25) is 0 Å². The lowest BCUT2D eigenvalue weighted by Gasteiger charge is -2.40. The smallest absolute Gasteiger partial charge is 0.367 e. The molecule has 14 heavy (non-hydrogen) atoms. The lowest BCUT2D eigenvalue weighted by Crippen LogP contribution is -2.51. The van der Waals surface area contributed by atoms with Crippen molar-refractivity contribution in [2.24, 2.45) is 17.3 Å². The van der Waals surface area contributed by atoms with Crippen LogP contribution < -0.4 is 0 Å². The van der Waals surface area contributed by atoms with E-state index in [1.165, 1.54) is 0 Å². The van der Waals surface area contributed by atoms with Gasteiger partial charge in [-0.1, -0.05) is 6.42 Å². The Labute approximate surface area is 79.7 Å². The fourth-order valence-corrected chi connectivity index (χ4v) is 3.18. The Morgan fingerprint density at radius 2 is 1.86 bits per heavy atom. The molecule has 2 aliphatic rings. The molecule has 2 bridgehead atoms. The molecule has 2 rings (SSSR count). The third-order valence-corrected chi connectivity index (χ3v) is 3.88. The van der Waals surface area contributed by atoms with Gasteiger partial charge in [0.05, 0.1) is 0 Å². The number of alkyl halides is 3. The van der Waals surface area contributed by atoms with Crippen molar-refractivity contribution in [1.82, 2.24) is 0 Å². The number of halogens is 3. The molecule has 0 aromatic rings. The topological polar surface area (TPSA) is 40.5 Å². The monoisotopic (exact) mass is 210 g/mol. The quantitative estimate of drug-likeness (QED) is 0.646. The van der Waals surface area contributed by atoms with Gasteiger partial charge in [0, 0.05) is 0 Å². The highest BCUT2D eigenvalue weighted by Gasteiger charge is 2.68. The van der Waals surface area contributed by atoms with Crippen LogP contribution >= 0.6 is 0 Å². The molecule has 0 aromatic carbocycles. The summed E-state index contributed by atoms with van der Waals surface area (Å²) in [6.45, 7) is 0. The van der Waals surface area contributed by atoms with Gasteiger partial charge in [-0.05, 0) is 31.1 Å². The maximum Gasteiger partial charge on any atom is 0.399 e. The van der Waals surface area contributed by atoms with E-state index in [1.807, 2.05) is 0 Å². The second-order valence-electron chi connectivity index (χ2n) is 4.49. The molecule has 0 saturated heterocycles. The van der Waals surface area contributed by atoms with Crippen LogP contribution in [0, 0.1) is 17.3 Å². The minimum absolute atomic E-state index is 0.0309. The van der Waals surface area contributed by atoms with E-state index >= 15 is 0 Å². The number of aliphatic hydroxyl groups excluding tert-OH is 1. The van der Waals surface area contributed by atoms with Crippen molar-refractivity contribution in [3.8, 4) is 0 Å². The predicted molar refractivity (Wildman–Crippen MR) is 42.2 cm³/mol. The number of hydrogen-bond donors (Lipinski definition) is 2. The van der Waals surface area contributed by atoms with Crippen molar-refractivity contribution < 1.29 is 23.4 Å². The minimum Gasteiger partial charge on any atom is -0.367 e. The Morgan fingerprint density at radius 1 is 1.21 bits per heavy atom. The Kier molecular flexibility index (Phi) is 2.09. The summed E-state index contributed by atoms with van der Waals surface area (Å²) < 4.78 is 38.4. The zero-order valence-corrected chi connectivity index (χ0v) is 7.59. The Balaban J connectivity index is 2.34. The number of rotatable bonds is 1. The first-order valence-electron chi connectivity index (χ1n) is 4.81. The summed E-state index contributed by atoms with van der Waals surface area (Å²) in [4.78, 5) is 0. The van der Waals surface area contributed by atoms with Gasteiger partial charge in [0.1, 0.15) is 5.41 Å². The van der Waals surface area contributed by atoms with Gasteiger partial charge in [-0.25, -0.2) is 0 Å². The van der Waals surface area contributed by atoms with Gasteiger partial charge in [-0.15, -0.1) is 0 Å². The summed E-state index contributed by atoms with van der Waals surface area (Å²) >= 11 is 0. The van der Waals surface area contributed by atoms with Crippen molar-refractivity contribution in [3.63, 3.8) is 0 Å². The summed E-state index contributed by atoms with van der Waals surface area (Å²) in [6, 6.07) is 0. The highest BCUT2D eigenvalue weighted by molar-refractivity contribution is 5.05. The molecule has 0 radical (unpaired) electrons. The fourth-order valence-electron chi connectivity index (χ4n) is 3.18. The van der Waals surface area contributed by atoms with Crippen LogP contribution in [0.4, 0.5) is 13.2 Å².